The van der Waals surface area contributed by atoms with Crippen LogP contribution >= 0.6 is 0 Å². The zero-order chi connectivity index (χ0) is 27.9. The number of alkyl halides is 2. The van der Waals surface area contributed by atoms with E-state index in [0.717, 1.165) is 47.4 Å². The first-order valence-electron chi connectivity index (χ1n) is 13.1. The van der Waals surface area contributed by atoms with Crippen molar-refractivity contribution < 1.29 is 18.3 Å². The predicted octanol–water partition coefficient (Wildman–Crippen LogP) is 5.01. The molecular formula is C29H35F2N5O3. The molecule has 2 aromatic rings. The van der Waals surface area contributed by atoms with Crippen LogP contribution in [0.4, 0.5) is 8.78 Å². The fourth-order valence-electron chi connectivity index (χ4n) is 4.78. The molecule has 0 spiro atoms. The van der Waals surface area contributed by atoms with Crippen LogP contribution in [0, 0.1) is 0 Å². The first-order valence-corrected chi connectivity index (χ1v) is 13.1. The fraction of sp³-hybridized carbons (Fsp3) is 0.414. The molecule has 0 saturated heterocycles. The molecule has 0 radical (unpaired) electrons. The lowest BCUT2D eigenvalue weighted by Gasteiger charge is -2.38. The Kier molecular flexibility index (Phi) is 9.42. The number of hydrogen-bond donors (Lipinski definition) is 1. The maximum Gasteiger partial charge on any atom is 0.387 e. The third kappa shape index (κ3) is 6.88. The minimum atomic E-state index is -2.87. The van der Waals surface area contributed by atoms with Crippen molar-refractivity contribution in [3.8, 4) is 0 Å². The molecule has 4 heterocycles. The molecule has 8 nitrogen and oxygen atoms in total. The lowest BCUT2D eigenvalue weighted by atomic mass is 9.98. The summed E-state index contributed by atoms with van der Waals surface area (Å²) in [6.45, 7) is 4.71. The van der Waals surface area contributed by atoms with E-state index in [1.54, 1.807) is 25.3 Å². The molecule has 0 amide bonds. The van der Waals surface area contributed by atoms with Crippen molar-refractivity contribution >= 4 is 11.6 Å². The van der Waals surface area contributed by atoms with Crippen molar-refractivity contribution in [3.63, 3.8) is 0 Å². The third-order valence-corrected chi connectivity index (χ3v) is 6.69. The van der Waals surface area contributed by atoms with Gasteiger partial charge in [-0.25, -0.2) is 9.66 Å². The van der Waals surface area contributed by atoms with Crippen LogP contribution in [-0.4, -0.2) is 46.0 Å². The SMILES string of the molecule is C\C=C(/C=C\C(=C\CCC)OC(F)F)c1cnc2c(c1)CN(C1Nn3c(nc(COC)cc3=O)C=C1C)CC2. The maximum absolute atomic E-state index is 12.8. The number of aromatic nitrogens is 3. The number of rotatable bonds is 10. The Hall–Kier alpha value is -3.63. The quantitative estimate of drug-likeness (QED) is 0.336. The molecular weight excluding hydrogens is 504 g/mol. The van der Waals surface area contributed by atoms with Gasteiger partial charge in [-0.1, -0.05) is 25.5 Å². The maximum atomic E-state index is 12.8. The Labute approximate surface area is 227 Å². The zero-order valence-corrected chi connectivity index (χ0v) is 22.8. The molecule has 1 N–H and O–H groups in total. The summed E-state index contributed by atoms with van der Waals surface area (Å²) in [5, 5.41) is 0. The molecule has 2 aliphatic rings. The van der Waals surface area contributed by atoms with Crippen LogP contribution in [0.5, 0.6) is 0 Å². The average Bonchev–Trinajstić information content (AvgIpc) is 2.91. The minimum absolute atomic E-state index is 0.147. The van der Waals surface area contributed by atoms with Gasteiger partial charge in [-0.15, -0.1) is 0 Å². The van der Waals surface area contributed by atoms with Gasteiger partial charge in [-0.05, 0) is 61.3 Å². The van der Waals surface area contributed by atoms with Crippen LogP contribution in [-0.2, 0) is 29.0 Å². The second kappa shape index (κ2) is 12.9. The van der Waals surface area contributed by atoms with E-state index in [2.05, 4.69) is 26.1 Å². The molecule has 4 rings (SSSR count). The molecule has 2 aromatic heterocycles. The van der Waals surface area contributed by atoms with Gasteiger partial charge in [-0.2, -0.15) is 8.78 Å². The van der Waals surface area contributed by atoms with Gasteiger partial charge < -0.3 is 9.47 Å². The summed E-state index contributed by atoms with van der Waals surface area (Å²) >= 11 is 0. The van der Waals surface area contributed by atoms with Crippen LogP contribution < -0.4 is 11.0 Å². The van der Waals surface area contributed by atoms with Crippen molar-refractivity contribution in [1.82, 2.24) is 19.5 Å². The lowest BCUT2D eigenvalue weighted by molar-refractivity contribution is -0.0922. The molecule has 39 heavy (non-hydrogen) atoms. The summed E-state index contributed by atoms with van der Waals surface area (Å²) in [7, 11) is 1.57. The molecule has 10 heteroatoms. The normalized spacial score (nSPS) is 18.1. The van der Waals surface area contributed by atoms with Gasteiger partial charge in [0.15, 0.2) is 5.82 Å². The predicted molar refractivity (Wildman–Crippen MR) is 147 cm³/mol. The molecule has 208 valence electrons. The van der Waals surface area contributed by atoms with E-state index >= 15 is 0 Å². The van der Waals surface area contributed by atoms with Crippen molar-refractivity contribution in [3.05, 3.63) is 92.7 Å². The second-order valence-electron chi connectivity index (χ2n) is 9.53. The van der Waals surface area contributed by atoms with Crippen LogP contribution in [0.2, 0.25) is 0 Å². The van der Waals surface area contributed by atoms with Gasteiger partial charge in [0.1, 0.15) is 11.9 Å². The van der Waals surface area contributed by atoms with Gasteiger partial charge in [0.2, 0.25) is 0 Å². The van der Waals surface area contributed by atoms with Gasteiger partial charge in [0.05, 0.1) is 12.3 Å². The summed E-state index contributed by atoms with van der Waals surface area (Å²) in [5.74, 6) is 0.700. The average molecular weight is 540 g/mol. The van der Waals surface area contributed by atoms with E-state index in [1.165, 1.54) is 10.7 Å². The molecule has 0 fully saturated rings. The molecule has 1 unspecified atom stereocenters. The summed E-state index contributed by atoms with van der Waals surface area (Å²) < 4.78 is 36.9. The molecule has 0 aromatic carbocycles. The highest BCUT2D eigenvalue weighted by atomic mass is 19.3. The number of allylic oxidation sites excluding steroid dienone is 5. The Morgan fingerprint density at radius 2 is 2.13 bits per heavy atom. The number of pyridine rings is 1. The van der Waals surface area contributed by atoms with Crippen molar-refractivity contribution in [2.24, 2.45) is 0 Å². The fourth-order valence-corrected chi connectivity index (χ4v) is 4.78. The number of ether oxygens (including phenoxy) is 2. The highest BCUT2D eigenvalue weighted by molar-refractivity contribution is 5.74. The number of methoxy groups -OCH3 is 1. The zero-order valence-electron chi connectivity index (χ0n) is 22.8. The van der Waals surface area contributed by atoms with Gasteiger partial charge >= 0.3 is 6.61 Å². The Balaban J connectivity index is 1.54. The van der Waals surface area contributed by atoms with E-state index in [0.29, 0.717) is 24.5 Å². The lowest BCUT2D eigenvalue weighted by Crippen LogP contribution is -2.51. The molecule has 0 bridgehead atoms. The van der Waals surface area contributed by atoms with Crippen LogP contribution in [0.15, 0.2) is 58.8 Å². The standard InChI is InChI=1S/C29H35F2N5O3/c1-5-7-8-24(39-29(30)31)10-9-20(6-2)21-14-22-17-35(12-11-25(22)32-16-21)28-19(3)13-26-33-23(18-38-4)15-27(37)36(26)34-28/h6,8-10,13-16,28-29,34H,5,7,11-12,17-18H2,1-4H3/b10-9-,20-6+,24-8-. The topological polar surface area (TPSA) is 81.5 Å². The molecule has 0 saturated carbocycles. The van der Waals surface area contributed by atoms with Crippen LogP contribution in [0.3, 0.4) is 0 Å². The number of unbranched alkanes of at least 4 members (excludes halogenated alkanes) is 1. The van der Waals surface area contributed by atoms with E-state index < -0.39 is 6.61 Å². The van der Waals surface area contributed by atoms with E-state index in [4.69, 9.17) is 9.72 Å². The largest absolute Gasteiger partial charge is 0.435 e. The first-order chi connectivity index (χ1) is 18.8. The monoisotopic (exact) mass is 539 g/mol. The number of fused-ring (bicyclic) bond motifs is 2. The van der Waals surface area contributed by atoms with Gasteiger partial charge in [0.25, 0.3) is 5.56 Å². The van der Waals surface area contributed by atoms with Crippen LogP contribution in [0.1, 0.15) is 62.0 Å². The number of hydrogen-bond acceptors (Lipinski definition) is 7. The smallest absolute Gasteiger partial charge is 0.387 e. The van der Waals surface area contributed by atoms with E-state index in [-0.39, 0.29) is 24.1 Å². The molecule has 2 aliphatic heterocycles. The van der Waals surface area contributed by atoms with Crippen LogP contribution in [0.25, 0.3) is 11.6 Å². The minimum Gasteiger partial charge on any atom is -0.435 e. The first kappa shape index (κ1) is 28.4. The summed E-state index contributed by atoms with van der Waals surface area (Å²) in [6, 6.07) is 3.58. The highest BCUT2D eigenvalue weighted by Crippen LogP contribution is 2.27. The second-order valence-corrected chi connectivity index (χ2v) is 9.53. The Morgan fingerprint density at radius 1 is 1.31 bits per heavy atom. The van der Waals surface area contributed by atoms with Crippen molar-refractivity contribution in [1.29, 1.82) is 0 Å². The number of nitrogens with one attached hydrogen (secondary N) is 1. The molecule has 0 aliphatic carbocycles. The van der Waals surface area contributed by atoms with E-state index in [1.807, 2.05) is 39.1 Å². The Bertz CT molecular complexity index is 1360. The molecule has 1 atom stereocenters. The number of nitrogens with zero attached hydrogens (tertiary/aromatic N) is 4. The summed E-state index contributed by atoms with van der Waals surface area (Å²) in [5.41, 5.74) is 8.64. The van der Waals surface area contributed by atoms with Gasteiger partial charge in [0, 0.05) is 50.1 Å². The van der Waals surface area contributed by atoms with Crippen molar-refractivity contribution in [2.45, 2.75) is 66.0 Å². The summed E-state index contributed by atoms with van der Waals surface area (Å²) in [6.07, 6.45) is 12.8. The highest BCUT2D eigenvalue weighted by Gasteiger charge is 2.29. The van der Waals surface area contributed by atoms with E-state index in [9.17, 15) is 13.6 Å². The third-order valence-electron chi connectivity index (χ3n) is 6.69. The van der Waals surface area contributed by atoms with Gasteiger partial charge in [-0.3, -0.25) is 20.1 Å². The number of halogens is 2. The summed E-state index contributed by atoms with van der Waals surface area (Å²) in [4.78, 5) is 24.3. The van der Waals surface area contributed by atoms with Crippen molar-refractivity contribution in [2.75, 3.05) is 19.1 Å². The Morgan fingerprint density at radius 3 is 2.85 bits per heavy atom.